The molecule has 0 saturated carbocycles. The van der Waals surface area contributed by atoms with E-state index in [1.165, 1.54) is 0 Å². The highest BCUT2D eigenvalue weighted by Crippen LogP contribution is 2.14. The molecule has 1 nitrogen and oxygen atoms in total. The zero-order chi connectivity index (χ0) is 10.4. The SMILES string of the molecule is C=C(Cl)C(C)=CCCC(C)C(C)=O. The van der Waals surface area contributed by atoms with Crippen molar-refractivity contribution >= 4 is 17.4 Å². The highest BCUT2D eigenvalue weighted by Gasteiger charge is 2.05. The first-order valence-electron chi connectivity index (χ1n) is 4.47. The van der Waals surface area contributed by atoms with Gasteiger partial charge in [-0.3, -0.25) is 4.79 Å². The van der Waals surface area contributed by atoms with Crippen molar-refractivity contribution in [3.63, 3.8) is 0 Å². The first-order valence-corrected chi connectivity index (χ1v) is 4.85. The van der Waals surface area contributed by atoms with Crippen LogP contribution in [0.3, 0.4) is 0 Å². The van der Waals surface area contributed by atoms with Crippen molar-refractivity contribution in [3.8, 4) is 0 Å². The lowest BCUT2D eigenvalue weighted by Crippen LogP contribution is -2.05. The molecule has 74 valence electrons. The minimum atomic E-state index is 0.146. The smallest absolute Gasteiger partial charge is 0.132 e. The van der Waals surface area contributed by atoms with E-state index in [0.29, 0.717) is 5.03 Å². The fourth-order valence-electron chi connectivity index (χ4n) is 0.864. The Bertz CT molecular complexity index is 228. The van der Waals surface area contributed by atoms with Gasteiger partial charge in [-0.15, -0.1) is 0 Å². The van der Waals surface area contributed by atoms with Crippen molar-refractivity contribution < 1.29 is 4.79 Å². The number of carbonyl (C=O) groups excluding carboxylic acids is 1. The third kappa shape index (κ3) is 5.64. The Labute approximate surface area is 85.5 Å². The molecule has 0 amide bonds. The van der Waals surface area contributed by atoms with Crippen LogP contribution in [0.5, 0.6) is 0 Å². The van der Waals surface area contributed by atoms with Gasteiger partial charge >= 0.3 is 0 Å². The summed E-state index contributed by atoms with van der Waals surface area (Å²) in [6.45, 7) is 9.11. The van der Waals surface area contributed by atoms with E-state index in [1.807, 2.05) is 19.9 Å². The summed E-state index contributed by atoms with van der Waals surface area (Å²) in [6, 6.07) is 0. The average Bonchev–Trinajstić information content (AvgIpc) is 2.03. The van der Waals surface area contributed by atoms with E-state index in [0.717, 1.165) is 18.4 Å². The van der Waals surface area contributed by atoms with Gasteiger partial charge in [0.25, 0.3) is 0 Å². The zero-order valence-electron chi connectivity index (χ0n) is 8.56. The fraction of sp³-hybridized carbons (Fsp3) is 0.545. The largest absolute Gasteiger partial charge is 0.300 e. The quantitative estimate of drug-likeness (QED) is 0.619. The van der Waals surface area contributed by atoms with Crippen LogP contribution in [0.2, 0.25) is 0 Å². The predicted molar refractivity (Wildman–Crippen MR) is 57.8 cm³/mol. The maximum absolute atomic E-state index is 10.9. The molecule has 2 heteroatoms. The van der Waals surface area contributed by atoms with Crippen LogP contribution in [0, 0.1) is 5.92 Å². The Balaban J connectivity index is 3.85. The van der Waals surface area contributed by atoms with E-state index in [2.05, 4.69) is 6.58 Å². The Hall–Kier alpha value is -0.560. The van der Waals surface area contributed by atoms with Gasteiger partial charge < -0.3 is 0 Å². The van der Waals surface area contributed by atoms with Crippen molar-refractivity contribution in [2.45, 2.75) is 33.6 Å². The van der Waals surface area contributed by atoms with Gasteiger partial charge in [-0.05, 0) is 32.3 Å². The van der Waals surface area contributed by atoms with Crippen molar-refractivity contribution in [3.05, 3.63) is 23.3 Å². The van der Waals surface area contributed by atoms with Crippen molar-refractivity contribution in [2.75, 3.05) is 0 Å². The lowest BCUT2D eigenvalue weighted by Gasteiger charge is -2.04. The summed E-state index contributed by atoms with van der Waals surface area (Å²) in [5.74, 6) is 0.392. The van der Waals surface area contributed by atoms with Gasteiger partial charge in [-0.1, -0.05) is 31.2 Å². The van der Waals surface area contributed by atoms with Crippen LogP contribution in [0.15, 0.2) is 23.3 Å². The van der Waals surface area contributed by atoms with Gasteiger partial charge in [0.2, 0.25) is 0 Å². The molecular formula is C11H17ClO. The number of allylic oxidation sites excluding steroid dienone is 3. The van der Waals surface area contributed by atoms with Crippen LogP contribution in [0.1, 0.15) is 33.6 Å². The molecule has 0 heterocycles. The minimum Gasteiger partial charge on any atom is -0.300 e. The number of hydrogen-bond donors (Lipinski definition) is 0. The van der Waals surface area contributed by atoms with Crippen LogP contribution >= 0.6 is 11.6 Å². The zero-order valence-corrected chi connectivity index (χ0v) is 9.32. The summed E-state index contributed by atoms with van der Waals surface area (Å²) < 4.78 is 0. The van der Waals surface area contributed by atoms with Crippen molar-refractivity contribution in [1.29, 1.82) is 0 Å². The van der Waals surface area contributed by atoms with Gasteiger partial charge in [-0.25, -0.2) is 0 Å². The van der Waals surface area contributed by atoms with Crippen LogP contribution < -0.4 is 0 Å². The predicted octanol–water partition coefficient (Wildman–Crippen LogP) is 3.69. The van der Waals surface area contributed by atoms with Crippen LogP contribution in [0.25, 0.3) is 0 Å². The molecule has 0 bridgehead atoms. The Morgan fingerprint density at radius 2 is 2.08 bits per heavy atom. The summed E-state index contributed by atoms with van der Waals surface area (Å²) in [6.07, 6.45) is 3.80. The second-order valence-electron chi connectivity index (χ2n) is 3.38. The molecule has 0 aromatic carbocycles. The molecule has 1 unspecified atom stereocenters. The third-order valence-electron chi connectivity index (χ3n) is 2.17. The highest BCUT2D eigenvalue weighted by atomic mass is 35.5. The van der Waals surface area contributed by atoms with Gasteiger partial charge in [0.1, 0.15) is 5.78 Å². The summed E-state index contributed by atoms with van der Waals surface area (Å²) in [7, 11) is 0. The van der Waals surface area contributed by atoms with Crippen molar-refractivity contribution in [2.24, 2.45) is 5.92 Å². The molecule has 0 aliphatic rings. The summed E-state index contributed by atoms with van der Waals surface area (Å²) in [5.41, 5.74) is 0.998. The molecule has 0 aromatic rings. The van der Waals surface area contributed by atoms with Crippen LogP contribution in [-0.2, 0) is 4.79 Å². The molecule has 0 fully saturated rings. The van der Waals surface area contributed by atoms with Crippen LogP contribution in [-0.4, -0.2) is 5.78 Å². The Morgan fingerprint density at radius 1 is 1.54 bits per heavy atom. The lowest BCUT2D eigenvalue weighted by atomic mass is 10.0. The van der Waals surface area contributed by atoms with E-state index < -0.39 is 0 Å². The number of Topliss-reactive ketones (excluding diaryl/α,β-unsaturated/α-hetero) is 1. The number of hydrogen-bond acceptors (Lipinski definition) is 1. The topological polar surface area (TPSA) is 17.1 Å². The van der Waals surface area contributed by atoms with E-state index in [9.17, 15) is 4.79 Å². The number of carbonyl (C=O) groups is 1. The first-order chi connectivity index (χ1) is 5.95. The molecule has 0 N–H and O–H groups in total. The first kappa shape index (κ1) is 12.4. The molecule has 0 rings (SSSR count). The molecule has 0 spiro atoms. The normalized spacial score (nSPS) is 14.0. The van der Waals surface area contributed by atoms with Crippen molar-refractivity contribution in [1.82, 2.24) is 0 Å². The van der Waals surface area contributed by atoms with Gasteiger partial charge in [0, 0.05) is 11.0 Å². The number of halogens is 1. The fourth-order valence-corrected chi connectivity index (χ4v) is 0.941. The molecule has 0 radical (unpaired) electrons. The van der Waals surface area contributed by atoms with Gasteiger partial charge in [0.05, 0.1) is 0 Å². The molecule has 13 heavy (non-hydrogen) atoms. The average molecular weight is 201 g/mol. The Morgan fingerprint density at radius 3 is 2.46 bits per heavy atom. The maximum atomic E-state index is 10.9. The molecule has 0 aromatic heterocycles. The minimum absolute atomic E-state index is 0.146. The van der Waals surface area contributed by atoms with E-state index in [-0.39, 0.29) is 11.7 Å². The monoisotopic (exact) mass is 200 g/mol. The molecule has 0 aliphatic heterocycles. The van der Waals surface area contributed by atoms with Gasteiger partial charge in [0.15, 0.2) is 0 Å². The van der Waals surface area contributed by atoms with Gasteiger partial charge in [-0.2, -0.15) is 0 Å². The number of ketones is 1. The highest BCUT2D eigenvalue weighted by molar-refractivity contribution is 6.31. The lowest BCUT2D eigenvalue weighted by molar-refractivity contribution is -0.120. The van der Waals surface area contributed by atoms with E-state index >= 15 is 0 Å². The molecular weight excluding hydrogens is 184 g/mol. The standard InChI is InChI=1S/C11H17ClO/c1-8(10(3)12)6-5-7-9(2)11(4)13/h6,9H,3,5,7H2,1-2,4H3. The second kappa shape index (κ2) is 5.98. The summed E-state index contributed by atoms with van der Waals surface area (Å²) in [5, 5.41) is 0.579. The summed E-state index contributed by atoms with van der Waals surface area (Å²) >= 11 is 5.68. The second-order valence-corrected chi connectivity index (χ2v) is 3.84. The molecule has 0 aliphatic carbocycles. The molecule has 0 saturated heterocycles. The van der Waals surface area contributed by atoms with E-state index in [4.69, 9.17) is 11.6 Å². The number of rotatable bonds is 5. The van der Waals surface area contributed by atoms with E-state index in [1.54, 1.807) is 6.92 Å². The van der Waals surface area contributed by atoms with Crippen LogP contribution in [0.4, 0.5) is 0 Å². The Kier molecular flexibility index (Phi) is 5.72. The maximum Gasteiger partial charge on any atom is 0.132 e. The molecule has 1 atom stereocenters. The summed E-state index contributed by atoms with van der Waals surface area (Å²) in [4.78, 5) is 10.9. The third-order valence-corrected chi connectivity index (χ3v) is 2.47.